The number of rotatable bonds is 2. The van der Waals surface area contributed by atoms with Crippen LogP contribution in [0.25, 0.3) is 0 Å². The number of hydrogen-bond acceptors (Lipinski definition) is 2. The van der Waals surface area contributed by atoms with Crippen molar-refractivity contribution in [2.45, 2.75) is 19.2 Å². The molecule has 7 heteroatoms. The molecular formula is C6H11BF3O2S-. The summed E-state index contributed by atoms with van der Waals surface area (Å²) in [6.07, 6.45) is -0.442. The van der Waals surface area contributed by atoms with E-state index in [2.05, 4.69) is 0 Å². The van der Waals surface area contributed by atoms with Crippen LogP contribution in [0.5, 0.6) is 0 Å². The molecule has 78 valence electrons. The summed E-state index contributed by atoms with van der Waals surface area (Å²) in [5, 5.41) is 0. The Morgan fingerprint density at radius 1 is 1.15 bits per heavy atom. The first kappa shape index (κ1) is 10.9. The van der Waals surface area contributed by atoms with Gasteiger partial charge in [0.15, 0.2) is 0 Å². The third kappa shape index (κ3) is 4.02. The summed E-state index contributed by atoms with van der Waals surface area (Å²) in [5.41, 5.74) is 0. The summed E-state index contributed by atoms with van der Waals surface area (Å²) < 4.78 is 57.6. The van der Waals surface area contributed by atoms with Crippen LogP contribution in [0.4, 0.5) is 12.9 Å². The zero-order valence-corrected chi connectivity index (χ0v) is 7.87. The number of sulfone groups is 1. The molecule has 0 atom stereocenters. The zero-order chi connectivity index (χ0) is 10.1. The first-order valence-corrected chi connectivity index (χ1v) is 6.02. The highest BCUT2D eigenvalue weighted by Crippen LogP contribution is 2.29. The summed E-state index contributed by atoms with van der Waals surface area (Å²) >= 11 is 0. The molecule has 1 aliphatic heterocycles. The monoisotopic (exact) mass is 215 g/mol. The molecule has 13 heavy (non-hydrogen) atoms. The van der Waals surface area contributed by atoms with Gasteiger partial charge in [0.05, 0.1) is 11.5 Å². The third-order valence-corrected chi connectivity index (χ3v) is 3.99. The summed E-state index contributed by atoms with van der Waals surface area (Å²) in [6.45, 7) is -4.76. The fraction of sp³-hybridized carbons (Fsp3) is 1.00. The maximum absolute atomic E-state index is 11.9. The lowest BCUT2D eigenvalue weighted by molar-refractivity contribution is 0.409. The summed E-state index contributed by atoms with van der Waals surface area (Å²) in [7, 11) is -3.03. The molecule has 0 saturated carbocycles. The molecule has 0 N–H and O–H groups in total. The molecule has 0 unspecified atom stereocenters. The van der Waals surface area contributed by atoms with Crippen LogP contribution in [0, 0.1) is 5.92 Å². The molecule has 2 nitrogen and oxygen atoms in total. The fourth-order valence-electron chi connectivity index (χ4n) is 1.55. The summed E-state index contributed by atoms with van der Waals surface area (Å²) in [5.74, 6) is -0.628. The second-order valence-electron chi connectivity index (χ2n) is 3.54. The highest BCUT2D eigenvalue weighted by molar-refractivity contribution is 7.91. The second kappa shape index (κ2) is 3.51. The van der Waals surface area contributed by atoms with E-state index in [9.17, 15) is 21.4 Å². The van der Waals surface area contributed by atoms with Gasteiger partial charge in [0.1, 0.15) is 9.84 Å². The van der Waals surface area contributed by atoms with E-state index >= 15 is 0 Å². The van der Waals surface area contributed by atoms with Crippen molar-refractivity contribution in [1.82, 2.24) is 0 Å². The third-order valence-electron chi connectivity index (χ3n) is 2.27. The van der Waals surface area contributed by atoms with Crippen molar-refractivity contribution in [3.63, 3.8) is 0 Å². The molecule has 0 amide bonds. The van der Waals surface area contributed by atoms with Gasteiger partial charge in [-0.15, -0.1) is 0 Å². The highest BCUT2D eigenvalue weighted by Gasteiger charge is 2.31. The molecule has 1 aliphatic rings. The van der Waals surface area contributed by atoms with Gasteiger partial charge >= 0.3 is 6.98 Å². The lowest BCUT2D eigenvalue weighted by Crippen LogP contribution is -2.28. The maximum Gasteiger partial charge on any atom is 0.478 e. The van der Waals surface area contributed by atoms with Gasteiger partial charge in [0, 0.05) is 0 Å². The van der Waals surface area contributed by atoms with Crippen molar-refractivity contribution < 1.29 is 21.4 Å². The molecular weight excluding hydrogens is 204 g/mol. The van der Waals surface area contributed by atoms with Crippen molar-refractivity contribution in [3.05, 3.63) is 0 Å². The standard InChI is InChI=1S/C6H11BF3O2S/c8-7(9,10)5-6-1-3-13(11,12)4-2-6/h6H,1-5H2/q-1. The van der Waals surface area contributed by atoms with Crippen LogP contribution in [0.2, 0.25) is 6.32 Å². The van der Waals surface area contributed by atoms with Crippen LogP contribution in [0.1, 0.15) is 12.8 Å². The van der Waals surface area contributed by atoms with Gasteiger partial charge < -0.3 is 12.9 Å². The molecule has 0 spiro atoms. The highest BCUT2D eigenvalue weighted by atomic mass is 32.2. The Morgan fingerprint density at radius 2 is 1.62 bits per heavy atom. The van der Waals surface area contributed by atoms with Crippen LogP contribution < -0.4 is 0 Å². The Kier molecular flexibility index (Phi) is 2.94. The molecule has 1 saturated heterocycles. The second-order valence-corrected chi connectivity index (χ2v) is 5.84. The van der Waals surface area contributed by atoms with Gasteiger partial charge in [0.25, 0.3) is 0 Å². The van der Waals surface area contributed by atoms with Gasteiger partial charge in [-0.1, -0.05) is 12.2 Å². The van der Waals surface area contributed by atoms with E-state index in [1.54, 1.807) is 0 Å². The van der Waals surface area contributed by atoms with Crippen molar-refractivity contribution in [2.24, 2.45) is 5.92 Å². The molecule has 0 radical (unpaired) electrons. The molecule has 0 aromatic carbocycles. The quantitative estimate of drug-likeness (QED) is 0.656. The number of hydrogen-bond donors (Lipinski definition) is 0. The van der Waals surface area contributed by atoms with Crippen molar-refractivity contribution in [3.8, 4) is 0 Å². The first-order chi connectivity index (χ1) is 5.79. The summed E-state index contributed by atoms with van der Waals surface area (Å²) in [6, 6.07) is 0. The molecule has 0 bridgehead atoms. The Labute approximate surface area is 75.5 Å². The number of halogens is 3. The summed E-state index contributed by atoms with van der Waals surface area (Å²) in [4.78, 5) is 0. The Bertz CT molecular complexity index is 258. The predicted molar refractivity (Wildman–Crippen MR) is 45.3 cm³/mol. The minimum absolute atomic E-state index is 0.0795. The molecule has 1 rings (SSSR count). The smallest absolute Gasteiger partial charge is 0.449 e. The predicted octanol–water partition coefficient (Wildman–Crippen LogP) is 1.66. The van der Waals surface area contributed by atoms with Gasteiger partial charge in [-0.3, -0.25) is 0 Å². The van der Waals surface area contributed by atoms with E-state index in [1.165, 1.54) is 0 Å². The first-order valence-electron chi connectivity index (χ1n) is 4.20. The average Bonchev–Trinajstić information content (AvgIpc) is 1.91. The van der Waals surface area contributed by atoms with E-state index in [4.69, 9.17) is 0 Å². The van der Waals surface area contributed by atoms with Crippen LogP contribution in [0.15, 0.2) is 0 Å². The average molecular weight is 215 g/mol. The van der Waals surface area contributed by atoms with E-state index in [-0.39, 0.29) is 24.3 Å². The Morgan fingerprint density at radius 3 is 2.00 bits per heavy atom. The minimum atomic E-state index is -4.76. The van der Waals surface area contributed by atoms with Crippen LogP contribution in [-0.2, 0) is 9.84 Å². The van der Waals surface area contributed by atoms with Gasteiger partial charge in [-0.05, 0) is 12.8 Å². The van der Waals surface area contributed by atoms with E-state index < -0.39 is 29.1 Å². The van der Waals surface area contributed by atoms with Crippen molar-refractivity contribution in [2.75, 3.05) is 11.5 Å². The van der Waals surface area contributed by atoms with Crippen LogP contribution in [-0.4, -0.2) is 26.9 Å². The Hall–Kier alpha value is -0.195. The van der Waals surface area contributed by atoms with Gasteiger partial charge in [0.2, 0.25) is 0 Å². The maximum atomic E-state index is 11.9. The molecule has 0 aliphatic carbocycles. The molecule has 1 heterocycles. The largest absolute Gasteiger partial charge is 0.478 e. The minimum Gasteiger partial charge on any atom is -0.449 e. The topological polar surface area (TPSA) is 34.1 Å². The van der Waals surface area contributed by atoms with E-state index in [0.717, 1.165) is 0 Å². The molecule has 0 aromatic rings. The van der Waals surface area contributed by atoms with E-state index in [0.29, 0.717) is 0 Å². The van der Waals surface area contributed by atoms with Crippen LogP contribution in [0.3, 0.4) is 0 Å². The lowest BCUT2D eigenvalue weighted by Gasteiger charge is -2.26. The normalized spacial score (nSPS) is 24.5. The van der Waals surface area contributed by atoms with Gasteiger partial charge in [-0.25, -0.2) is 8.42 Å². The SMILES string of the molecule is O=S1(=O)CCC(C[B-](F)(F)F)CC1. The molecule has 1 fully saturated rings. The lowest BCUT2D eigenvalue weighted by atomic mass is 9.76. The van der Waals surface area contributed by atoms with E-state index in [1.807, 2.05) is 0 Å². The zero-order valence-electron chi connectivity index (χ0n) is 7.05. The van der Waals surface area contributed by atoms with Gasteiger partial charge in [-0.2, -0.15) is 0 Å². The Balaban J connectivity index is 2.43. The fourth-order valence-corrected chi connectivity index (χ4v) is 3.14. The molecule has 0 aromatic heterocycles. The van der Waals surface area contributed by atoms with Crippen molar-refractivity contribution >= 4 is 16.8 Å². The van der Waals surface area contributed by atoms with Crippen LogP contribution >= 0.6 is 0 Å². The van der Waals surface area contributed by atoms with Crippen molar-refractivity contribution in [1.29, 1.82) is 0 Å².